The molecular weight excluding hydrogens is 516 g/mol. The number of nitrogens with zero attached hydrogens (tertiary/aromatic N) is 2. The van der Waals surface area contributed by atoms with Gasteiger partial charge in [0.1, 0.15) is 5.01 Å². The molecule has 0 bridgehead atoms. The number of thiazole rings is 1. The lowest BCUT2D eigenvalue weighted by molar-refractivity contribution is -0.140. The molecule has 162 valence electrons. The van der Waals surface area contributed by atoms with E-state index in [0.717, 1.165) is 27.8 Å². The Balaban J connectivity index is 0.00000420. The molecule has 0 saturated carbocycles. The highest BCUT2D eigenvalue weighted by molar-refractivity contribution is 14.0. The summed E-state index contributed by atoms with van der Waals surface area (Å²) in [6, 6.07) is 7.99. The van der Waals surface area contributed by atoms with Crippen molar-refractivity contribution in [2.75, 3.05) is 7.05 Å². The Hall–Kier alpha value is -1.40. The quantitative estimate of drug-likeness (QED) is 0.308. The van der Waals surface area contributed by atoms with E-state index >= 15 is 0 Å². The monoisotopic (exact) mass is 542 g/mol. The zero-order valence-electron chi connectivity index (χ0n) is 16.8. The molecule has 10 heteroatoms. The Morgan fingerprint density at radius 2 is 1.79 bits per heavy atom. The molecule has 0 saturated heterocycles. The largest absolute Gasteiger partial charge is 0.434 e. The third-order valence-corrected chi connectivity index (χ3v) is 4.44. The lowest BCUT2D eigenvalue weighted by Gasteiger charge is -2.19. The van der Waals surface area contributed by atoms with Crippen LogP contribution in [-0.2, 0) is 30.6 Å². The number of hydrogen-bond acceptors (Lipinski definition) is 4. The van der Waals surface area contributed by atoms with E-state index < -0.39 is 11.9 Å². The summed E-state index contributed by atoms with van der Waals surface area (Å²) in [4.78, 5) is 7.68. The summed E-state index contributed by atoms with van der Waals surface area (Å²) in [7, 11) is 1.60. The van der Waals surface area contributed by atoms with Crippen LogP contribution in [0, 0.1) is 0 Å². The Kier molecular flexibility index (Phi) is 9.83. The second-order valence-electron chi connectivity index (χ2n) is 7.12. The first-order valence-corrected chi connectivity index (χ1v) is 9.63. The molecule has 0 amide bonds. The number of nitrogens with one attached hydrogen (secondary N) is 2. The fourth-order valence-electron chi connectivity index (χ4n) is 2.22. The van der Waals surface area contributed by atoms with E-state index in [-0.39, 0.29) is 36.1 Å². The standard InChI is InChI=1S/C19H25F3N4OS.HI/c1-18(2,3)27-11-14-7-5-6-13(8-14)9-24-17(23-4)25-10-16-26-15(12-28-16)19(20,21)22;/h5-8,12H,9-11H2,1-4H3,(H2,23,24,25);1H. The van der Waals surface area contributed by atoms with E-state index in [1.807, 2.05) is 45.0 Å². The SMILES string of the molecule is CN=C(NCc1cccc(COC(C)(C)C)c1)NCc1nc(C(F)(F)F)cs1.I. The number of guanidine groups is 1. The fraction of sp³-hybridized carbons (Fsp3) is 0.474. The second kappa shape index (κ2) is 11.1. The highest BCUT2D eigenvalue weighted by atomic mass is 127. The van der Waals surface area contributed by atoms with Crippen molar-refractivity contribution in [2.45, 2.75) is 52.2 Å². The van der Waals surface area contributed by atoms with Crippen molar-refractivity contribution in [3.05, 3.63) is 51.5 Å². The van der Waals surface area contributed by atoms with Gasteiger partial charge in [-0.15, -0.1) is 35.3 Å². The van der Waals surface area contributed by atoms with Gasteiger partial charge in [0.2, 0.25) is 0 Å². The highest BCUT2D eigenvalue weighted by Crippen LogP contribution is 2.29. The molecule has 0 aliphatic rings. The lowest BCUT2D eigenvalue weighted by Crippen LogP contribution is -2.36. The first kappa shape index (κ1) is 25.6. The zero-order valence-corrected chi connectivity index (χ0v) is 19.9. The summed E-state index contributed by atoms with van der Waals surface area (Å²) < 4.78 is 43.6. The number of ether oxygens (including phenoxy) is 1. The average Bonchev–Trinajstić information content (AvgIpc) is 3.09. The van der Waals surface area contributed by atoms with Crippen LogP contribution < -0.4 is 10.6 Å². The van der Waals surface area contributed by atoms with E-state index in [4.69, 9.17) is 4.74 Å². The number of benzene rings is 1. The minimum atomic E-state index is -4.42. The summed E-state index contributed by atoms with van der Waals surface area (Å²) >= 11 is 0.962. The molecule has 0 fully saturated rings. The molecule has 0 aliphatic heterocycles. The van der Waals surface area contributed by atoms with Crippen molar-refractivity contribution in [1.29, 1.82) is 0 Å². The summed E-state index contributed by atoms with van der Waals surface area (Å²) in [5, 5.41) is 7.48. The number of aliphatic imine (C=N–C) groups is 1. The minimum absolute atomic E-state index is 0. The molecule has 1 aromatic carbocycles. The number of halogens is 4. The second-order valence-corrected chi connectivity index (χ2v) is 8.07. The van der Waals surface area contributed by atoms with E-state index in [2.05, 4.69) is 20.6 Å². The summed E-state index contributed by atoms with van der Waals surface area (Å²) in [6.45, 7) is 7.24. The van der Waals surface area contributed by atoms with Gasteiger partial charge in [-0.3, -0.25) is 4.99 Å². The molecule has 1 aromatic heterocycles. The molecule has 5 nitrogen and oxygen atoms in total. The van der Waals surface area contributed by atoms with Crippen LogP contribution in [0.25, 0.3) is 0 Å². The molecule has 1 heterocycles. The highest BCUT2D eigenvalue weighted by Gasteiger charge is 2.33. The molecule has 0 aliphatic carbocycles. The number of alkyl halides is 3. The molecular formula is C19H26F3IN4OS. The number of aromatic nitrogens is 1. The van der Waals surface area contributed by atoms with Crippen molar-refractivity contribution in [2.24, 2.45) is 4.99 Å². The van der Waals surface area contributed by atoms with Crippen LogP contribution in [0.4, 0.5) is 13.2 Å². The van der Waals surface area contributed by atoms with Crippen LogP contribution in [0.2, 0.25) is 0 Å². The molecule has 2 N–H and O–H groups in total. The topological polar surface area (TPSA) is 58.5 Å². The third kappa shape index (κ3) is 9.30. The van der Waals surface area contributed by atoms with E-state index in [0.29, 0.717) is 24.1 Å². The first-order chi connectivity index (χ1) is 13.1. The fourth-order valence-corrected chi connectivity index (χ4v) is 2.96. The van der Waals surface area contributed by atoms with Gasteiger partial charge in [0, 0.05) is 19.0 Å². The summed E-state index contributed by atoms with van der Waals surface area (Å²) in [6.07, 6.45) is -4.42. The van der Waals surface area contributed by atoms with Crippen LogP contribution in [-0.4, -0.2) is 23.6 Å². The van der Waals surface area contributed by atoms with E-state index in [1.165, 1.54) is 0 Å². The maximum Gasteiger partial charge on any atom is 0.434 e. The maximum absolute atomic E-state index is 12.6. The van der Waals surface area contributed by atoms with E-state index in [9.17, 15) is 13.2 Å². The van der Waals surface area contributed by atoms with E-state index in [1.54, 1.807) is 7.05 Å². The molecule has 29 heavy (non-hydrogen) atoms. The first-order valence-electron chi connectivity index (χ1n) is 8.75. The molecule has 0 unspecified atom stereocenters. The number of hydrogen-bond donors (Lipinski definition) is 2. The van der Waals surface area contributed by atoms with Crippen LogP contribution in [0.1, 0.15) is 42.6 Å². The molecule has 0 radical (unpaired) electrons. The Morgan fingerprint density at radius 3 is 2.38 bits per heavy atom. The predicted molar refractivity (Wildman–Crippen MR) is 121 cm³/mol. The zero-order chi connectivity index (χ0) is 20.8. The van der Waals surface area contributed by atoms with Crippen molar-refractivity contribution >= 4 is 41.3 Å². The van der Waals surface area contributed by atoms with Gasteiger partial charge < -0.3 is 15.4 Å². The van der Waals surface area contributed by atoms with Gasteiger partial charge in [-0.2, -0.15) is 13.2 Å². The Bertz CT molecular complexity index is 803. The van der Waals surface area contributed by atoms with Crippen LogP contribution in [0.15, 0.2) is 34.6 Å². The number of rotatable bonds is 6. The van der Waals surface area contributed by atoms with Gasteiger partial charge in [0.25, 0.3) is 0 Å². The van der Waals surface area contributed by atoms with Gasteiger partial charge in [-0.25, -0.2) is 4.98 Å². The van der Waals surface area contributed by atoms with Crippen molar-refractivity contribution in [3.63, 3.8) is 0 Å². The van der Waals surface area contributed by atoms with Gasteiger partial charge in [-0.05, 0) is 31.9 Å². The van der Waals surface area contributed by atoms with Crippen molar-refractivity contribution in [1.82, 2.24) is 15.6 Å². The average molecular weight is 542 g/mol. The van der Waals surface area contributed by atoms with Gasteiger partial charge in [-0.1, -0.05) is 24.3 Å². The lowest BCUT2D eigenvalue weighted by atomic mass is 10.1. The van der Waals surface area contributed by atoms with Crippen LogP contribution in [0.3, 0.4) is 0 Å². The maximum atomic E-state index is 12.6. The third-order valence-electron chi connectivity index (χ3n) is 3.60. The predicted octanol–water partition coefficient (Wildman–Crippen LogP) is 4.96. The summed E-state index contributed by atoms with van der Waals surface area (Å²) in [5.41, 5.74) is 1.04. The normalized spacial score (nSPS) is 12.4. The van der Waals surface area contributed by atoms with Crippen molar-refractivity contribution in [3.8, 4) is 0 Å². The van der Waals surface area contributed by atoms with Gasteiger partial charge in [0.15, 0.2) is 11.7 Å². The Labute approximate surface area is 190 Å². The molecule has 0 spiro atoms. The smallest absolute Gasteiger partial charge is 0.371 e. The van der Waals surface area contributed by atoms with Crippen molar-refractivity contribution < 1.29 is 17.9 Å². The van der Waals surface area contributed by atoms with Crippen LogP contribution in [0.5, 0.6) is 0 Å². The molecule has 0 atom stereocenters. The minimum Gasteiger partial charge on any atom is -0.371 e. The van der Waals surface area contributed by atoms with Crippen LogP contribution >= 0.6 is 35.3 Å². The van der Waals surface area contributed by atoms with Gasteiger partial charge >= 0.3 is 6.18 Å². The summed E-state index contributed by atoms with van der Waals surface area (Å²) in [5.74, 6) is 0.486. The molecule has 2 rings (SSSR count). The van der Waals surface area contributed by atoms with Gasteiger partial charge in [0.05, 0.1) is 18.8 Å². The Morgan fingerprint density at radius 1 is 1.14 bits per heavy atom. The molecule has 2 aromatic rings.